The average Bonchev–Trinajstić information content (AvgIpc) is 2.31. The predicted molar refractivity (Wildman–Crippen MR) is 59.1 cm³/mol. The number of hydrogen-bond donors (Lipinski definition) is 0. The Bertz CT molecular complexity index is 312. The molecular formula is C10H19NO2Si. The van der Waals surface area contributed by atoms with Crippen LogP contribution in [0.3, 0.4) is 0 Å². The molecule has 0 aliphatic carbocycles. The second-order valence-electron chi connectivity index (χ2n) is 5.14. The van der Waals surface area contributed by atoms with Gasteiger partial charge in [-0.05, 0) is 30.2 Å². The minimum atomic E-state index is -1.75. The maximum atomic E-state index is 5.92. The molecule has 0 amide bonds. The summed E-state index contributed by atoms with van der Waals surface area (Å²) < 4.78 is 10.9. The lowest BCUT2D eigenvalue weighted by molar-refractivity contribution is 0.363. The van der Waals surface area contributed by atoms with E-state index in [1.165, 1.54) is 0 Å². The molecule has 0 spiro atoms. The number of nitrogens with zero attached hydrogens (tertiary/aromatic N) is 1. The van der Waals surface area contributed by atoms with Gasteiger partial charge in [-0.3, -0.25) is 0 Å². The molecule has 0 N–H and O–H groups in total. The van der Waals surface area contributed by atoms with E-state index in [9.17, 15) is 0 Å². The van der Waals surface area contributed by atoms with Gasteiger partial charge in [0, 0.05) is 6.07 Å². The quantitative estimate of drug-likeness (QED) is 0.707. The van der Waals surface area contributed by atoms with Gasteiger partial charge in [0.1, 0.15) is 5.76 Å². The number of aromatic nitrogens is 1. The zero-order chi connectivity index (χ0) is 11.0. The Morgan fingerprint density at radius 3 is 2.29 bits per heavy atom. The summed E-state index contributed by atoms with van der Waals surface area (Å²) in [4.78, 5) is 0. The van der Waals surface area contributed by atoms with Crippen LogP contribution in [0.2, 0.25) is 18.1 Å². The van der Waals surface area contributed by atoms with Crippen LogP contribution in [0.1, 0.15) is 26.5 Å². The lowest BCUT2D eigenvalue weighted by atomic mass is 10.2. The van der Waals surface area contributed by atoms with E-state index in [-0.39, 0.29) is 5.04 Å². The predicted octanol–water partition coefficient (Wildman–Crippen LogP) is 3.37. The van der Waals surface area contributed by atoms with Crippen molar-refractivity contribution in [3.05, 3.63) is 11.8 Å². The summed E-state index contributed by atoms with van der Waals surface area (Å²) in [6.07, 6.45) is 0. The van der Waals surface area contributed by atoms with Crippen LogP contribution < -0.4 is 4.43 Å². The van der Waals surface area contributed by atoms with Crippen LogP contribution in [0.25, 0.3) is 0 Å². The van der Waals surface area contributed by atoms with Crippen LogP contribution in [-0.2, 0) is 0 Å². The van der Waals surface area contributed by atoms with Crippen molar-refractivity contribution >= 4 is 8.32 Å². The van der Waals surface area contributed by atoms with Crippen LogP contribution in [0, 0.1) is 6.92 Å². The van der Waals surface area contributed by atoms with Crippen molar-refractivity contribution in [1.82, 2.24) is 5.16 Å². The summed E-state index contributed by atoms with van der Waals surface area (Å²) >= 11 is 0. The summed E-state index contributed by atoms with van der Waals surface area (Å²) in [6, 6.07) is 1.83. The lowest BCUT2D eigenvalue weighted by Crippen LogP contribution is -2.43. The highest BCUT2D eigenvalue weighted by atomic mass is 28.4. The Balaban J connectivity index is 2.78. The maximum absolute atomic E-state index is 5.92. The molecule has 1 rings (SSSR count). The van der Waals surface area contributed by atoms with Crippen molar-refractivity contribution in [1.29, 1.82) is 0 Å². The minimum absolute atomic E-state index is 0.194. The van der Waals surface area contributed by atoms with Gasteiger partial charge in [0.05, 0.1) is 0 Å². The minimum Gasteiger partial charge on any atom is -0.529 e. The Labute approximate surface area is 86.6 Å². The van der Waals surface area contributed by atoms with E-state index in [0.717, 1.165) is 5.76 Å². The number of rotatable bonds is 2. The number of aryl methyl sites for hydroxylation is 1. The van der Waals surface area contributed by atoms with Crippen LogP contribution in [0.5, 0.6) is 5.88 Å². The lowest BCUT2D eigenvalue weighted by Gasteiger charge is -2.35. The normalized spacial score (nSPS) is 13.0. The molecule has 0 bridgehead atoms. The summed E-state index contributed by atoms with van der Waals surface area (Å²) in [7, 11) is -1.75. The molecule has 1 aromatic heterocycles. The molecule has 0 fully saturated rings. The highest BCUT2D eigenvalue weighted by molar-refractivity contribution is 6.74. The first-order valence-electron chi connectivity index (χ1n) is 4.85. The van der Waals surface area contributed by atoms with Gasteiger partial charge < -0.3 is 8.95 Å². The molecule has 0 saturated carbocycles. The summed E-state index contributed by atoms with van der Waals surface area (Å²) in [5.74, 6) is 1.41. The second-order valence-corrected chi connectivity index (χ2v) is 9.86. The molecule has 14 heavy (non-hydrogen) atoms. The third-order valence-corrected chi connectivity index (χ3v) is 7.10. The van der Waals surface area contributed by atoms with Crippen molar-refractivity contribution in [2.45, 2.75) is 45.8 Å². The molecule has 0 unspecified atom stereocenters. The topological polar surface area (TPSA) is 35.3 Å². The monoisotopic (exact) mass is 213 g/mol. The molecule has 0 radical (unpaired) electrons. The van der Waals surface area contributed by atoms with Crippen molar-refractivity contribution < 1.29 is 8.95 Å². The van der Waals surface area contributed by atoms with Crippen LogP contribution >= 0.6 is 0 Å². The molecule has 0 atom stereocenters. The largest absolute Gasteiger partial charge is 0.529 e. The number of hydrogen-bond acceptors (Lipinski definition) is 3. The van der Waals surface area contributed by atoms with E-state index in [0.29, 0.717) is 5.88 Å². The Hall–Kier alpha value is -0.773. The molecule has 80 valence electrons. The third kappa shape index (κ3) is 2.38. The molecule has 1 aromatic rings. The molecule has 4 heteroatoms. The van der Waals surface area contributed by atoms with Gasteiger partial charge in [0.25, 0.3) is 8.32 Å². The molecule has 3 nitrogen and oxygen atoms in total. The van der Waals surface area contributed by atoms with Gasteiger partial charge in [-0.15, -0.1) is 0 Å². The first kappa shape index (κ1) is 11.3. The van der Waals surface area contributed by atoms with E-state index in [1.54, 1.807) is 0 Å². The average molecular weight is 213 g/mol. The molecule has 1 heterocycles. The molecule has 0 aliphatic heterocycles. The maximum Gasteiger partial charge on any atom is 0.252 e. The van der Waals surface area contributed by atoms with Gasteiger partial charge >= 0.3 is 0 Å². The fourth-order valence-corrected chi connectivity index (χ4v) is 1.73. The summed E-state index contributed by atoms with van der Waals surface area (Å²) in [6.45, 7) is 12.9. The Kier molecular flexibility index (Phi) is 2.76. The highest BCUT2D eigenvalue weighted by Crippen LogP contribution is 2.36. The first-order chi connectivity index (χ1) is 6.22. The van der Waals surface area contributed by atoms with Gasteiger partial charge in [-0.1, -0.05) is 20.8 Å². The van der Waals surface area contributed by atoms with Crippen LogP contribution in [0.15, 0.2) is 10.6 Å². The SMILES string of the molecule is Cc1cc(O[Si](C)(C)C(C)(C)C)no1. The molecule has 0 aliphatic rings. The van der Waals surface area contributed by atoms with Crippen LogP contribution in [-0.4, -0.2) is 13.5 Å². The van der Waals surface area contributed by atoms with E-state index in [1.807, 2.05) is 13.0 Å². The van der Waals surface area contributed by atoms with Crippen molar-refractivity contribution in [3.63, 3.8) is 0 Å². The van der Waals surface area contributed by atoms with E-state index in [4.69, 9.17) is 8.95 Å². The Morgan fingerprint density at radius 1 is 1.36 bits per heavy atom. The van der Waals surface area contributed by atoms with Crippen LogP contribution in [0.4, 0.5) is 0 Å². The highest BCUT2D eigenvalue weighted by Gasteiger charge is 2.39. The Morgan fingerprint density at radius 2 is 1.93 bits per heavy atom. The molecule has 0 aromatic carbocycles. The summed E-state index contributed by atoms with van der Waals surface area (Å²) in [5.41, 5.74) is 0. The van der Waals surface area contributed by atoms with Gasteiger partial charge in [0.15, 0.2) is 0 Å². The van der Waals surface area contributed by atoms with Gasteiger partial charge in [0.2, 0.25) is 5.88 Å². The van der Waals surface area contributed by atoms with E-state index >= 15 is 0 Å². The van der Waals surface area contributed by atoms with Gasteiger partial charge in [-0.25, -0.2) is 0 Å². The van der Waals surface area contributed by atoms with E-state index < -0.39 is 8.32 Å². The molecule has 0 saturated heterocycles. The second kappa shape index (κ2) is 3.42. The first-order valence-corrected chi connectivity index (χ1v) is 7.75. The zero-order valence-corrected chi connectivity index (χ0v) is 10.8. The molecular weight excluding hydrogens is 194 g/mol. The van der Waals surface area contributed by atoms with Gasteiger partial charge in [-0.2, -0.15) is 0 Å². The third-order valence-electron chi connectivity index (χ3n) is 2.77. The van der Waals surface area contributed by atoms with Crippen molar-refractivity contribution in [3.8, 4) is 5.88 Å². The van der Waals surface area contributed by atoms with E-state index in [2.05, 4.69) is 39.0 Å². The fraction of sp³-hybridized carbons (Fsp3) is 0.700. The fourth-order valence-electron chi connectivity index (χ4n) is 0.806. The van der Waals surface area contributed by atoms with Crippen molar-refractivity contribution in [2.24, 2.45) is 0 Å². The summed E-state index contributed by atoms with van der Waals surface area (Å²) in [5, 5.41) is 4.05. The van der Waals surface area contributed by atoms with Crippen molar-refractivity contribution in [2.75, 3.05) is 0 Å². The standard InChI is InChI=1S/C10H19NO2Si/c1-8-7-9(11-12-8)13-14(5,6)10(2,3)4/h7H,1-6H3. The smallest absolute Gasteiger partial charge is 0.252 e. The zero-order valence-electron chi connectivity index (χ0n) is 9.84.